The average Bonchev–Trinajstić information content (AvgIpc) is 3.19. The van der Waals surface area contributed by atoms with Gasteiger partial charge in [0.05, 0.1) is 30.0 Å². The van der Waals surface area contributed by atoms with Gasteiger partial charge in [0.1, 0.15) is 11.3 Å². The molecular formula is C16H19N5OS. The predicted molar refractivity (Wildman–Crippen MR) is 88.1 cm³/mol. The Hall–Kier alpha value is -1.86. The van der Waals surface area contributed by atoms with E-state index in [1.165, 1.54) is 6.33 Å². The zero-order valence-electron chi connectivity index (χ0n) is 12.9. The largest absolute Gasteiger partial charge is 0.309 e. The first-order valence-corrected chi connectivity index (χ1v) is 8.83. The number of hydrogen-bond acceptors (Lipinski definition) is 6. The summed E-state index contributed by atoms with van der Waals surface area (Å²) in [4.78, 5) is 29.7. The molecule has 2 aromatic heterocycles. The number of piperidine rings is 1. The second-order valence-corrected chi connectivity index (χ2v) is 7.30. The molecule has 4 heterocycles. The highest BCUT2D eigenvalue weighted by atomic mass is 32.1. The van der Waals surface area contributed by atoms with Crippen LogP contribution in [-0.2, 0) is 11.3 Å². The Morgan fingerprint density at radius 3 is 2.87 bits per heavy atom. The summed E-state index contributed by atoms with van der Waals surface area (Å²) >= 11 is 1.68. The van der Waals surface area contributed by atoms with Crippen LogP contribution in [0.5, 0.6) is 0 Å². The maximum atomic E-state index is 13.1. The Balaban J connectivity index is 1.51. The van der Waals surface area contributed by atoms with Gasteiger partial charge in [-0.2, -0.15) is 0 Å². The number of carbonyl (C=O) groups is 1. The third-order valence-corrected chi connectivity index (χ3v) is 5.63. The summed E-state index contributed by atoms with van der Waals surface area (Å²) in [5.41, 5.74) is 0.567. The molecule has 2 aromatic rings. The Morgan fingerprint density at radius 1 is 1.22 bits per heavy atom. The number of amides is 1. The molecule has 2 aliphatic rings. The lowest BCUT2D eigenvalue weighted by atomic mass is 9.78. The van der Waals surface area contributed by atoms with Crippen LogP contribution in [-0.4, -0.2) is 45.4 Å². The fourth-order valence-corrected chi connectivity index (χ4v) is 4.42. The van der Waals surface area contributed by atoms with E-state index in [4.69, 9.17) is 0 Å². The van der Waals surface area contributed by atoms with E-state index in [0.717, 1.165) is 56.1 Å². The fraction of sp³-hybridized carbons (Fsp3) is 0.500. The van der Waals surface area contributed by atoms with Crippen LogP contribution >= 0.6 is 11.3 Å². The quantitative estimate of drug-likeness (QED) is 0.861. The normalized spacial score (nSPS) is 25.4. The van der Waals surface area contributed by atoms with Crippen molar-refractivity contribution in [3.8, 4) is 0 Å². The molecule has 2 fully saturated rings. The Bertz CT molecular complexity index is 677. The first-order valence-electron chi connectivity index (χ1n) is 7.95. The van der Waals surface area contributed by atoms with Crippen LogP contribution in [0, 0.1) is 5.41 Å². The SMILES string of the molecule is O=C1N(c2cncnc2)CC[C@]12CCCN(Cc1nccs1)C2. The van der Waals surface area contributed by atoms with Crippen LogP contribution in [0.25, 0.3) is 0 Å². The zero-order valence-corrected chi connectivity index (χ0v) is 13.7. The summed E-state index contributed by atoms with van der Waals surface area (Å²) in [5, 5.41) is 3.13. The Kier molecular flexibility index (Phi) is 3.82. The van der Waals surface area contributed by atoms with Crippen molar-refractivity contribution >= 4 is 22.9 Å². The monoisotopic (exact) mass is 329 g/mol. The van der Waals surface area contributed by atoms with E-state index in [-0.39, 0.29) is 11.3 Å². The summed E-state index contributed by atoms with van der Waals surface area (Å²) in [6, 6.07) is 0. The number of likely N-dealkylation sites (tertiary alicyclic amines) is 1. The number of hydrogen-bond donors (Lipinski definition) is 0. The molecule has 7 heteroatoms. The van der Waals surface area contributed by atoms with Crippen molar-refractivity contribution in [1.29, 1.82) is 0 Å². The van der Waals surface area contributed by atoms with Crippen molar-refractivity contribution in [1.82, 2.24) is 19.9 Å². The van der Waals surface area contributed by atoms with Crippen LogP contribution in [0.15, 0.2) is 30.3 Å². The zero-order chi connectivity index (χ0) is 15.7. The summed E-state index contributed by atoms with van der Waals surface area (Å²) in [5.74, 6) is 0.233. The van der Waals surface area contributed by atoms with Gasteiger partial charge in [-0.15, -0.1) is 11.3 Å². The van der Waals surface area contributed by atoms with Crippen molar-refractivity contribution in [3.05, 3.63) is 35.3 Å². The molecule has 0 radical (unpaired) electrons. The lowest BCUT2D eigenvalue weighted by Gasteiger charge is -2.38. The molecule has 1 spiro atoms. The molecule has 0 bridgehead atoms. The van der Waals surface area contributed by atoms with Gasteiger partial charge < -0.3 is 4.90 Å². The van der Waals surface area contributed by atoms with Crippen LogP contribution in [0.4, 0.5) is 5.69 Å². The second kappa shape index (κ2) is 5.98. The molecule has 0 N–H and O–H groups in total. The van der Waals surface area contributed by atoms with Gasteiger partial charge in [-0.25, -0.2) is 15.0 Å². The fourth-order valence-electron chi connectivity index (χ4n) is 3.76. The molecule has 0 aliphatic carbocycles. The van der Waals surface area contributed by atoms with E-state index in [1.54, 1.807) is 23.7 Å². The summed E-state index contributed by atoms with van der Waals surface area (Å²) in [6.45, 7) is 3.48. The molecule has 120 valence electrons. The molecule has 2 aliphatic heterocycles. The maximum Gasteiger partial charge on any atom is 0.234 e. The molecule has 0 saturated carbocycles. The predicted octanol–water partition coefficient (Wildman–Crippen LogP) is 1.95. The van der Waals surface area contributed by atoms with Gasteiger partial charge in [0.15, 0.2) is 0 Å². The number of anilines is 1. The number of rotatable bonds is 3. The van der Waals surface area contributed by atoms with Crippen molar-refractivity contribution in [2.24, 2.45) is 5.41 Å². The maximum absolute atomic E-state index is 13.1. The van der Waals surface area contributed by atoms with Crippen LogP contribution in [0.1, 0.15) is 24.3 Å². The smallest absolute Gasteiger partial charge is 0.234 e. The lowest BCUT2D eigenvalue weighted by Crippen LogP contribution is -2.47. The molecule has 2 saturated heterocycles. The first kappa shape index (κ1) is 14.7. The van der Waals surface area contributed by atoms with E-state index in [1.807, 2.05) is 16.5 Å². The highest BCUT2D eigenvalue weighted by Crippen LogP contribution is 2.41. The minimum Gasteiger partial charge on any atom is -0.309 e. The van der Waals surface area contributed by atoms with E-state index in [0.29, 0.717) is 0 Å². The molecule has 0 aromatic carbocycles. The molecule has 6 nitrogen and oxygen atoms in total. The van der Waals surface area contributed by atoms with Crippen LogP contribution in [0.3, 0.4) is 0 Å². The molecule has 23 heavy (non-hydrogen) atoms. The van der Waals surface area contributed by atoms with Crippen molar-refractivity contribution in [2.45, 2.75) is 25.8 Å². The average molecular weight is 329 g/mol. The van der Waals surface area contributed by atoms with E-state index >= 15 is 0 Å². The van der Waals surface area contributed by atoms with Gasteiger partial charge in [-0.05, 0) is 25.8 Å². The van der Waals surface area contributed by atoms with Crippen LogP contribution in [0.2, 0.25) is 0 Å². The lowest BCUT2D eigenvalue weighted by molar-refractivity contribution is -0.128. The standard InChI is InChI=1S/C16H19N5OS/c22-15-16(3-6-21(15)13-8-17-12-18-9-13)2-1-5-20(11-16)10-14-19-4-7-23-14/h4,7-9,12H,1-3,5-6,10-11H2/t16-/m0/s1. The van der Waals surface area contributed by atoms with E-state index in [9.17, 15) is 4.79 Å². The first-order chi connectivity index (χ1) is 11.3. The van der Waals surface area contributed by atoms with Gasteiger partial charge in [0, 0.05) is 24.7 Å². The number of thiazole rings is 1. The van der Waals surface area contributed by atoms with Gasteiger partial charge in [-0.3, -0.25) is 9.69 Å². The summed E-state index contributed by atoms with van der Waals surface area (Å²) in [6.07, 6.45) is 9.74. The van der Waals surface area contributed by atoms with Gasteiger partial charge in [0.2, 0.25) is 5.91 Å². The third kappa shape index (κ3) is 2.74. The van der Waals surface area contributed by atoms with Crippen molar-refractivity contribution in [3.63, 3.8) is 0 Å². The Labute approximate surface area is 139 Å². The minimum atomic E-state index is -0.245. The molecule has 1 atom stereocenters. The summed E-state index contributed by atoms with van der Waals surface area (Å²) in [7, 11) is 0. The molecule has 0 unspecified atom stereocenters. The highest BCUT2D eigenvalue weighted by Gasteiger charge is 2.49. The van der Waals surface area contributed by atoms with Gasteiger partial charge >= 0.3 is 0 Å². The minimum absolute atomic E-state index is 0.233. The number of aromatic nitrogens is 3. The van der Waals surface area contributed by atoms with Crippen molar-refractivity contribution < 1.29 is 4.79 Å². The molecule has 4 rings (SSSR count). The second-order valence-electron chi connectivity index (χ2n) is 6.32. The van der Waals surface area contributed by atoms with Gasteiger partial charge in [-0.1, -0.05) is 0 Å². The summed E-state index contributed by atoms with van der Waals surface area (Å²) < 4.78 is 0. The third-order valence-electron chi connectivity index (χ3n) is 4.87. The topological polar surface area (TPSA) is 62.2 Å². The number of nitrogens with zero attached hydrogens (tertiary/aromatic N) is 5. The highest BCUT2D eigenvalue weighted by molar-refractivity contribution is 7.09. The number of carbonyl (C=O) groups excluding carboxylic acids is 1. The van der Waals surface area contributed by atoms with E-state index in [2.05, 4.69) is 19.9 Å². The van der Waals surface area contributed by atoms with Crippen molar-refractivity contribution in [2.75, 3.05) is 24.5 Å². The van der Waals surface area contributed by atoms with Crippen LogP contribution < -0.4 is 4.90 Å². The van der Waals surface area contributed by atoms with E-state index < -0.39 is 0 Å². The molecule has 1 amide bonds. The van der Waals surface area contributed by atoms with Gasteiger partial charge in [0.25, 0.3) is 0 Å². The molecular weight excluding hydrogens is 310 g/mol. The Morgan fingerprint density at radius 2 is 2.09 bits per heavy atom.